The van der Waals surface area contributed by atoms with Gasteiger partial charge in [-0.05, 0) is 128 Å². The molecule has 58 heavy (non-hydrogen) atoms. The Bertz CT molecular complexity index is 2890. The SMILES string of the molecule is C1=CCC(/C2=C/C(c3cc(-c4cc(-c5ccccc5)nc(-c5ccccc5)c4)cc(-c4cc5ccccc5c5ccccc45)c3)=C\C(c3ccccc3)=C/CC2)C=C1. The summed E-state index contributed by atoms with van der Waals surface area (Å²) in [6, 6.07) is 63.8. The van der Waals surface area contributed by atoms with Crippen LogP contribution in [0.5, 0.6) is 0 Å². The molecule has 1 heterocycles. The van der Waals surface area contributed by atoms with Crippen molar-refractivity contribution in [1.82, 2.24) is 4.98 Å². The normalized spacial score (nSPS) is 18.1. The monoisotopic (exact) mass is 741 g/mol. The molecule has 0 saturated heterocycles. The predicted octanol–water partition coefficient (Wildman–Crippen LogP) is 15.4. The summed E-state index contributed by atoms with van der Waals surface area (Å²) in [5, 5.41) is 5.03. The molecule has 0 bridgehead atoms. The Hall–Kier alpha value is -7.09. The number of rotatable bonds is 7. The number of pyridine rings is 1. The molecule has 1 unspecified atom stereocenters. The number of allylic oxidation sites excluding steroid dienone is 10. The van der Waals surface area contributed by atoms with Gasteiger partial charge < -0.3 is 0 Å². The third kappa shape index (κ3) is 7.20. The highest BCUT2D eigenvalue weighted by molar-refractivity contribution is 6.14. The van der Waals surface area contributed by atoms with Crippen LogP contribution in [0.1, 0.15) is 30.4 Å². The van der Waals surface area contributed by atoms with Crippen molar-refractivity contribution in [1.29, 1.82) is 0 Å². The largest absolute Gasteiger partial charge is 0.248 e. The molecule has 0 amide bonds. The molecule has 0 spiro atoms. The topological polar surface area (TPSA) is 12.9 Å². The molecule has 1 heteroatoms. The number of aromatic nitrogens is 1. The molecular formula is C57H43N. The van der Waals surface area contributed by atoms with E-state index >= 15 is 0 Å². The van der Waals surface area contributed by atoms with Crippen molar-refractivity contribution in [3.8, 4) is 44.8 Å². The average Bonchev–Trinajstić information content (AvgIpc) is 3.29. The van der Waals surface area contributed by atoms with E-state index in [9.17, 15) is 0 Å². The van der Waals surface area contributed by atoms with E-state index in [0.717, 1.165) is 52.9 Å². The molecule has 7 aromatic carbocycles. The molecule has 1 atom stereocenters. The Morgan fingerprint density at radius 2 is 1.02 bits per heavy atom. The lowest BCUT2D eigenvalue weighted by Gasteiger charge is -2.21. The number of hydrogen-bond donors (Lipinski definition) is 0. The van der Waals surface area contributed by atoms with Gasteiger partial charge in [0.05, 0.1) is 11.4 Å². The lowest BCUT2D eigenvalue weighted by atomic mass is 9.83. The molecular weight excluding hydrogens is 699 g/mol. The van der Waals surface area contributed by atoms with Gasteiger partial charge in [-0.15, -0.1) is 0 Å². The molecule has 1 aromatic heterocycles. The maximum atomic E-state index is 5.26. The van der Waals surface area contributed by atoms with Crippen LogP contribution in [0.3, 0.4) is 0 Å². The van der Waals surface area contributed by atoms with Crippen LogP contribution < -0.4 is 0 Å². The summed E-state index contributed by atoms with van der Waals surface area (Å²) < 4.78 is 0. The summed E-state index contributed by atoms with van der Waals surface area (Å²) in [6.45, 7) is 0. The van der Waals surface area contributed by atoms with Gasteiger partial charge in [-0.2, -0.15) is 0 Å². The van der Waals surface area contributed by atoms with Crippen molar-refractivity contribution in [2.24, 2.45) is 5.92 Å². The quantitative estimate of drug-likeness (QED) is 0.148. The Morgan fingerprint density at radius 1 is 0.431 bits per heavy atom. The van der Waals surface area contributed by atoms with Crippen LogP contribution in [0.15, 0.2) is 224 Å². The van der Waals surface area contributed by atoms with Crippen molar-refractivity contribution >= 4 is 32.7 Å². The van der Waals surface area contributed by atoms with E-state index in [-0.39, 0.29) is 0 Å². The van der Waals surface area contributed by atoms with E-state index in [1.165, 1.54) is 60.5 Å². The van der Waals surface area contributed by atoms with Crippen molar-refractivity contribution in [2.75, 3.05) is 0 Å². The lowest BCUT2D eigenvalue weighted by molar-refractivity contribution is 0.717. The molecule has 8 aromatic rings. The molecule has 0 saturated carbocycles. The zero-order chi connectivity index (χ0) is 38.7. The Labute approximate surface area is 341 Å². The zero-order valence-corrected chi connectivity index (χ0v) is 32.4. The lowest BCUT2D eigenvalue weighted by Crippen LogP contribution is -2.04. The minimum Gasteiger partial charge on any atom is -0.248 e. The summed E-state index contributed by atoms with van der Waals surface area (Å²) in [6.07, 6.45) is 19.5. The van der Waals surface area contributed by atoms with E-state index < -0.39 is 0 Å². The Kier molecular flexibility index (Phi) is 9.63. The predicted molar refractivity (Wildman–Crippen MR) is 247 cm³/mol. The highest BCUT2D eigenvalue weighted by atomic mass is 14.7. The highest BCUT2D eigenvalue weighted by Gasteiger charge is 2.19. The summed E-state index contributed by atoms with van der Waals surface area (Å²) >= 11 is 0. The number of hydrogen-bond acceptors (Lipinski definition) is 1. The first-order valence-corrected chi connectivity index (χ1v) is 20.4. The Balaban J connectivity index is 1.25. The fourth-order valence-electron chi connectivity index (χ4n) is 8.70. The summed E-state index contributed by atoms with van der Waals surface area (Å²) in [7, 11) is 0. The van der Waals surface area contributed by atoms with Crippen molar-refractivity contribution in [3.63, 3.8) is 0 Å². The van der Waals surface area contributed by atoms with Gasteiger partial charge in [-0.1, -0.05) is 182 Å². The minimum absolute atomic E-state index is 0.384. The van der Waals surface area contributed by atoms with Gasteiger partial charge in [-0.3, -0.25) is 0 Å². The molecule has 276 valence electrons. The second kappa shape index (κ2) is 15.8. The van der Waals surface area contributed by atoms with Crippen LogP contribution in [0.4, 0.5) is 0 Å². The third-order valence-corrected chi connectivity index (χ3v) is 11.7. The van der Waals surface area contributed by atoms with E-state index in [1.54, 1.807) is 0 Å². The summed E-state index contributed by atoms with van der Waals surface area (Å²) in [5.74, 6) is 0.384. The third-order valence-electron chi connectivity index (χ3n) is 11.7. The maximum Gasteiger partial charge on any atom is 0.0715 e. The second-order valence-corrected chi connectivity index (χ2v) is 15.4. The molecule has 0 aliphatic heterocycles. The molecule has 0 radical (unpaired) electrons. The van der Waals surface area contributed by atoms with Crippen LogP contribution in [-0.2, 0) is 0 Å². The molecule has 1 nitrogen and oxygen atoms in total. The van der Waals surface area contributed by atoms with Gasteiger partial charge in [-0.25, -0.2) is 4.98 Å². The smallest absolute Gasteiger partial charge is 0.0715 e. The fraction of sp³-hybridized carbons (Fsp3) is 0.0702. The summed E-state index contributed by atoms with van der Waals surface area (Å²) in [4.78, 5) is 5.26. The minimum atomic E-state index is 0.384. The Morgan fingerprint density at radius 3 is 1.71 bits per heavy atom. The van der Waals surface area contributed by atoms with Gasteiger partial charge in [0.25, 0.3) is 0 Å². The van der Waals surface area contributed by atoms with Crippen LogP contribution in [0.2, 0.25) is 0 Å². The van der Waals surface area contributed by atoms with Crippen LogP contribution in [0, 0.1) is 5.92 Å². The van der Waals surface area contributed by atoms with Crippen molar-refractivity contribution < 1.29 is 0 Å². The van der Waals surface area contributed by atoms with Crippen LogP contribution >= 0.6 is 0 Å². The number of benzene rings is 7. The molecule has 0 N–H and O–H groups in total. The van der Waals surface area contributed by atoms with Crippen molar-refractivity contribution in [3.05, 3.63) is 235 Å². The van der Waals surface area contributed by atoms with Gasteiger partial charge in [0.15, 0.2) is 0 Å². The van der Waals surface area contributed by atoms with E-state index in [2.05, 4.69) is 218 Å². The fourth-order valence-corrected chi connectivity index (χ4v) is 8.70. The standard InChI is InChI=1S/C57H43N/c1-5-18-40(19-6-1)44-27-17-28-45(41-20-7-2-8-21-41)33-47(32-44)48-34-49(36-51(35-48)55-37-46-26-13-14-29-52(46)53-30-15-16-31-54(53)55)50-38-56(42-22-9-3-10-23-42)58-57(39-50)43-24-11-4-12-25-43/h1-16,18-20,22-27,29-39,41H,17,21,28H2/b44-27+,45-33+,47-32+. The second-order valence-electron chi connectivity index (χ2n) is 15.4. The van der Waals surface area contributed by atoms with Gasteiger partial charge in [0, 0.05) is 17.0 Å². The number of nitrogens with zero attached hydrogens (tertiary/aromatic N) is 1. The first-order chi connectivity index (χ1) is 28.7. The highest BCUT2D eigenvalue weighted by Crippen LogP contribution is 2.41. The maximum absolute atomic E-state index is 5.26. The van der Waals surface area contributed by atoms with Gasteiger partial charge in [0.1, 0.15) is 0 Å². The van der Waals surface area contributed by atoms with Crippen LogP contribution in [0.25, 0.3) is 77.5 Å². The van der Waals surface area contributed by atoms with Crippen molar-refractivity contribution in [2.45, 2.75) is 19.3 Å². The summed E-state index contributed by atoms with van der Waals surface area (Å²) in [5.41, 5.74) is 15.2. The average molecular weight is 742 g/mol. The first-order valence-electron chi connectivity index (χ1n) is 20.4. The molecule has 0 fully saturated rings. The first kappa shape index (κ1) is 35.3. The van der Waals surface area contributed by atoms with Gasteiger partial charge >= 0.3 is 0 Å². The zero-order valence-electron chi connectivity index (χ0n) is 32.4. The number of fused-ring (bicyclic) bond motifs is 3. The molecule has 10 rings (SSSR count). The van der Waals surface area contributed by atoms with Crippen LogP contribution in [-0.4, -0.2) is 4.98 Å². The molecule has 2 aliphatic rings. The molecule has 2 aliphatic carbocycles. The van der Waals surface area contributed by atoms with E-state index in [0.29, 0.717) is 5.92 Å². The van der Waals surface area contributed by atoms with Gasteiger partial charge in [0.2, 0.25) is 0 Å². The van der Waals surface area contributed by atoms with E-state index in [4.69, 9.17) is 4.98 Å². The van der Waals surface area contributed by atoms with E-state index in [1.807, 2.05) is 0 Å².